The van der Waals surface area contributed by atoms with Crippen LogP contribution in [0.4, 0.5) is 11.6 Å². The smallest absolute Gasteiger partial charge is 0.349 e. The normalized spacial score (nSPS) is 10.0. The van der Waals surface area contributed by atoms with Gasteiger partial charge in [-0.1, -0.05) is 0 Å². The summed E-state index contributed by atoms with van der Waals surface area (Å²) in [5.41, 5.74) is -0.261. The molecule has 0 atom stereocenters. The summed E-state index contributed by atoms with van der Waals surface area (Å²) in [6.45, 7) is 3.02. The van der Waals surface area contributed by atoms with Gasteiger partial charge in [0.2, 0.25) is 5.95 Å². The minimum absolute atomic E-state index is 0.0574. The highest BCUT2D eigenvalue weighted by Crippen LogP contribution is 2.24. The SMILES string of the molecule is CCNc1ncc([N+](=O)[O-])c(OCCOC)n1. The van der Waals surface area contributed by atoms with Crippen LogP contribution in [0.15, 0.2) is 6.20 Å². The Kier molecular flexibility index (Phi) is 5.08. The maximum absolute atomic E-state index is 10.7. The third-order valence-corrected chi connectivity index (χ3v) is 1.79. The van der Waals surface area contributed by atoms with Crippen LogP contribution >= 0.6 is 0 Å². The Morgan fingerprint density at radius 3 is 2.88 bits per heavy atom. The molecule has 1 rings (SSSR count). The summed E-state index contributed by atoms with van der Waals surface area (Å²) in [5.74, 6) is 0.239. The lowest BCUT2D eigenvalue weighted by Crippen LogP contribution is -2.10. The fraction of sp³-hybridized carbons (Fsp3) is 0.556. The molecule has 1 aromatic rings. The first-order chi connectivity index (χ1) is 8.19. The summed E-state index contributed by atoms with van der Waals surface area (Å²) in [6, 6.07) is 0. The van der Waals surface area contributed by atoms with Crippen molar-refractivity contribution in [1.82, 2.24) is 9.97 Å². The minimum atomic E-state index is -0.585. The highest BCUT2D eigenvalue weighted by Gasteiger charge is 2.18. The molecule has 8 nitrogen and oxygen atoms in total. The Bertz CT molecular complexity index is 385. The molecule has 0 amide bonds. The number of ether oxygens (including phenoxy) is 2. The summed E-state index contributed by atoms with van der Waals surface area (Å²) in [5, 5.41) is 13.6. The third-order valence-electron chi connectivity index (χ3n) is 1.79. The van der Waals surface area contributed by atoms with Crippen LogP contribution < -0.4 is 10.1 Å². The highest BCUT2D eigenvalue weighted by molar-refractivity contribution is 5.43. The second-order valence-electron chi connectivity index (χ2n) is 3.01. The van der Waals surface area contributed by atoms with Gasteiger partial charge in [0.15, 0.2) is 0 Å². The average Bonchev–Trinajstić information content (AvgIpc) is 2.30. The number of hydrogen-bond donors (Lipinski definition) is 1. The number of methoxy groups -OCH3 is 1. The van der Waals surface area contributed by atoms with Gasteiger partial charge in [-0.3, -0.25) is 10.1 Å². The first-order valence-electron chi connectivity index (χ1n) is 5.06. The molecule has 0 aromatic carbocycles. The van der Waals surface area contributed by atoms with Crippen molar-refractivity contribution in [3.05, 3.63) is 16.3 Å². The standard InChI is InChI=1S/C9H14N4O4/c1-3-10-9-11-6-7(13(14)15)8(12-9)17-5-4-16-2/h6H,3-5H2,1-2H3,(H,10,11,12). The molecule has 1 heterocycles. The topological polar surface area (TPSA) is 99.4 Å². The fourth-order valence-electron chi connectivity index (χ4n) is 1.06. The summed E-state index contributed by atoms with van der Waals surface area (Å²) in [7, 11) is 1.52. The monoisotopic (exact) mass is 242 g/mol. The lowest BCUT2D eigenvalue weighted by atomic mass is 10.5. The van der Waals surface area contributed by atoms with E-state index in [2.05, 4.69) is 15.3 Å². The number of anilines is 1. The van der Waals surface area contributed by atoms with Gasteiger partial charge in [-0.25, -0.2) is 4.98 Å². The number of rotatable bonds is 7. The average molecular weight is 242 g/mol. The van der Waals surface area contributed by atoms with Crippen LogP contribution in [0.1, 0.15) is 6.92 Å². The van der Waals surface area contributed by atoms with E-state index in [4.69, 9.17) is 9.47 Å². The Morgan fingerprint density at radius 1 is 1.53 bits per heavy atom. The van der Waals surface area contributed by atoms with E-state index >= 15 is 0 Å². The molecular weight excluding hydrogens is 228 g/mol. The van der Waals surface area contributed by atoms with E-state index in [0.717, 1.165) is 6.20 Å². The van der Waals surface area contributed by atoms with E-state index in [1.54, 1.807) is 0 Å². The number of aromatic nitrogens is 2. The van der Waals surface area contributed by atoms with Crippen molar-refractivity contribution in [2.75, 3.05) is 32.2 Å². The molecule has 0 saturated heterocycles. The van der Waals surface area contributed by atoms with Crippen molar-refractivity contribution >= 4 is 11.6 Å². The third kappa shape index (κ3) is 3.83. The van der Waals surface area contributed by atoms with Gasteiger partial charge >= 0.3 is 5.69 Å². The van der Waals surface area contributed by atoms with Gasteiger partial charge in [-0.15, -0.1) is 0 Å². The van der Waals surface area contributed by atoms with Crippen LogP contribution in [-0.2, 0) is 4.74 Å². The van der Waals surface area contributed by atoms with E-state index in [-0.39, 0.29) is 18.2 Å². The summed E-state index contributed by atoms with van der Waals surface area (Å²) in [4.78, 5) is 17.8. The minimum Gasteiger partial charge on any atom is -0.470 e. The summed E-state index contributed by atoms with van der Waals surface area (Å²) in [6.07, 6.45) is 1.12. The molecule has 94 valence electrons. The van der Waals surface area contributed by atoms with E-state index in [1.807, 2.05) is 6.92 Å². The zero-order chi connectivity index (χ0) is 12.7. The predicted octanol–water partition coefficient (Wildman–Crippen LogP) is 0.842. The van der Waals surface area contributed by atoms with Crippen molar-refractivity contribution in [3.8, 4) is 5.88 Å². The van der Waals surface area contributed by atoms with Crippen LogP contribution in [0.25, 0.3) is 0 Å². The fourth-order valence-corrected chi connectivity index (χ4v) is 1.06. The van der Waals surface area contributed by atoms with E-state index in [1.165, 1.54) is 7.11 Å². The molecule has 17 heavy (non-hydrogen) atoms. The molecule has 0 spiro atoms. The Hall–Kier alpha value is -1.96. The van der Waals surface area contributed by atoms with Crippen LogP contribution in [-0.4, -0.2) is 41.8 Å². The molecular formula is C9H14N4O4. The second kappa shape index (κ2) is 6.59. The maximum Gasteiger partial charge on any atom is 0.349 e. The number of hydrogen-bond acceptors (Lipinski definition) is 7. The van der Waals surface area contributed by atoms with Gasteiger partial charge in [0.05, 0.1) is 11.5 Å². The van der Waals surface area contributed by atoms with E-state index in [9.17, 15) is 10.1 Å². The van der Waals surface area contributed by atoms with Gasteiger partial charge in [0.25, 0.3) is 5.88 Å². The molecule has 0 fully saturated rings. The molecule has 0 aliphatic carbocycles. The number of nitrogens with zero attached hydrogens (tertiary/aromatic N) is 3. The molecule has 0 unspecified atom stereocenters. The molecule has 0 radical (unpaired) electrons. The molecule has 0 bridgehead atoms. The predicted molar refractivity (Wildman–Crippen MR) is 60.2 cm³/mol. The summed E-state index contributed by atoms with van der Waals surface area (Å²) < 4.78 is 9.96. The van der Waals surface area contributed by atoms with Crippen molar-refractivity contribution in [2.24, 2.45) is 0 Å². The molecule has 8 heteroatoms. The maximum atomic E-state index is 10.7. The van der Waals surface area contributed by atoms with Crippen LogP contribution in [0.2, 0.25) is 0 Å². The Labute approximate surface area is 98.1 Å². The van der Waals surface area contributed by atoms with Gasteiger partial charge < -0.3 is 14.8 Å². The molecule has 1 N–H and O–H groups in total. The Morgan fingerprint density at radius 2 is 2.29 bits per heavy atom. The second-order valence-corrected chi connectivity index (χ2v) is 3.01. The lowest BCUT2D eigenvalue weighted by Gasteiger charge is -2.06. The van der Waals surface area contributed by atoms with Crippen molar-refractivity contribution in [1.29, 1.82) is 0 Å². The van der Waals surface area contributed by atoms with Crippen molar-refractivity contribution in [3.63, 3.8) is 0 Å². The molecule has 0 aliphatic rings. The largest absolute Gasteiger partial charge is 0.470 e. The number of nitrogens with one attached hydrogen (secondary N) is 1. The number of nitro groups is 1. The van der Waals surface area contributed by atoms with Crippen LogP contribution in [0.5, 0.6) is 5.88 Å². The summed E-state index contributed by atoms with van der Waals surface area (Å²) >= 11 is 0. The first kappa shape index (κ1) is 13.1. The molecule has 1 aromatic heterocycles. The van der Waals surface area contributed by atoms with Gasteiger partial charge in [0, 0.05) is 13.7 Å². The van der Waals surface area contributed by atoms with Crippen LogP contribution in [0, 0.1) is 10.1 Å². The van der Waals surface area contributed by atoms with E-state index < -0.39 is 4.92 Å². The zero-order valence-corrected chi connectivity index (χ0v) is 9.67. The zero-order valence-electron chi connectivity index (χ0n) is 9.67. The lowest BCUT2D eigenvalue weighted by molar-refractivity contribution is -0.386. The molecule has 0 saturated carbocycles. The first-order valence-corrected chi connectivity index (χ1v) is 5.06. The Balaban J connectivity index is 2.86. The van der Waals surface area contributed by atoms with Crippen molar-refractivity contribution in [2.45, 2.75) is 6.92 Å². The van der Waals surface area contributed by atoms with Crippen LogP contribution in [0.3, 0.4) is 0 Å². The quantitative estimate of drug-likeness (QED) is 0.429. The van der Waals surface area contributed by atoms with Gasteiger partial charge in [-0.05, 0) is 6.92 Å². The molecule has 0 aliphatic heterocycles. The highest BCUT2D eigenvalue weighted by atomic mass is 16.6. The van der Waals surface area contributed by atoms with E-state index in [0.29, 0.717) is 19.1 Å². The van der Waals surface area contributed by atoms with Gasteiger partial charge in [0.1, 0.15) is 12.8 Å². The van der Waals surface area contributed by atoms with Crippen molar-refractivity contribution < 1.29 is 14.4 Å². The van der Waals surface area contributed by atoms with Gasteiger partial charge in [-0.2, -0.15) is 4.98 Å².